The summed E-state index contributed by atoms with van der Waals surface area (Å²) < 4.78 is 0. The highest BCUT2D eigenvalue weighted by atomic mass is 15.1. The molecular weight excluding hydrogens is 222 g/mol. The molecule has 1 saturated carbocycles. The number of hydrogen-bond acceptors (Lipinski definition) is 3. The van der Waals surface area contributed by atoms with Crippen molar-refractivity contribution < 1.29 is 0 Å². The third kappa shape index (κ3) is 2.65. The highest BCUT2D eigenvalue weighted by Gasteiger charge is 2.44. The summed E-state index contributed by atoms with van der Waals surface area (Å²) >= 11 is 0. The van der Waals surface area contributed by atoms with E-state index in [2.05, 4.69) is 42.3 Å². The summed E-state index contributed by atoms with van der Waals surface area (Å²) in [7, 11) is 2.10. The van der Waals surface area contributed by atoms with Gasteiger partial charge in [-0.05, 0) is 49.9 Å². The second-order valence-corrected chi connectivity index (χ2v) is 5.16. The Bertz CT molecular complexity index is 426. The molecule has 0 bridgehead atoms. The van der Waals surface area contributed by atoms with Gasteiger partial charge >= 0.3 is 0 Å². The van der Waals surface area contributed by atoms with E-state index in [0.29, 0.717) is 0 Å². The molecule has 0 unspecified atom stereocenters. The second kappa shape index (κ2) is 5.41. The van der Waals surface area contributed by atoms with Crippen LogP contribution >= 0.6 is 0 Å². The van der Waals surface area contributed by atoms with E-state index in [1.807, 2.05) is 0 Å². The Morgan fingerprint density at radius 2 is 1.94 bits per heavy atom. The zero-order valence-electron chi connectivity index (χ0n) is 11.0. The van der Waals surface area contributed by atoms with Gasteiger partial charge in [-0.3, -0.25) is 0 Å². The maximum absolute atomic E-state index is 9.16. The van der Waals surface area contributed by atoms with Gasteiger partial charge in [-0.1, -0.05) is 12.1 Å². The van der Waals surface area contributed by atoms with E-state index in [4.69, 9.17) is 11.0 Å². The third-order valence-electron chi connectivity index (χ3n) is 3.77. The molecule has 0 heterocycles. The lowest BCUT2D eigenvalue weighted by atomic mass is 9.97. The van der Waals surface area contributed by atoms with Crippen LogP contribution in [0.4, 0.5) is 5.69 Å². The molecule has 18 heavy (non-hydrogen) atoms. The summed E-state index contributed by atoms with van der Waals surface area (Å²) in [5.41, 5.74) is 7.71. The number of nitriles is 1. The maximum Gasteiger partial charge on any atom is 0.0823 e. The summed E-state index contributed by atoms with van der Waals surface area (Å²) in [4.78, 5) is 2.24. The van der Waals surface area contributed by atoms with Crippen LogP contribution in [0.15, 0.2) is 24.3 Å². The minimum atomic E-state index is -0.170. The van der Waals surface area contributed by atoms with Crippen LogP contribution in [0.5, 0.6) is 0 Å². The molecule has 1 aromatic rings. The van der Waals surface area contributed by atoms with Crippen LogP contribution in [-0.2, 0) is 5.41 Å². The first kappa shape index (κ1) is 12.9. The highest BCUT2D eigenvalue weighted by Crippen LogP contribution is 2.47. The van der Waals surface area contributed by atoms with Crippen LogP contribution in [-0.4, -0.2) is 20.1 Å². The van der Waals surface area contributed by atoms with Gasteiger partial charge in [0.1, 0.15) is 0 Å². The molecule has 96 valence electrons. The topological polar surface area (TPSA) is 53.0 Å². The van der Waals surface area contributed by atoms with Crippen molar-refractivity contribution in [2.45, 2.75) is 31.1 Å². The monoisotopic (exact) mass is 243 g/mol. The Hall–Kier alpha value is -1.53. The van der Waals surface area contributed by atoms with Gasteiger partial charge in [0.25, 0.3) is 0 Å². The lowest BCUT2D eigenvalue weighted by Gasteiger charge is -2.19. The minimum Gasteiger partial charge on any atom is -0.375 e. The lowest BCUT2D eigenvalue weighted by Crippen LogP contribution is -2.19. The van der Waals surface area contributed by atoms with E-state index in [1.54, 1.807) is 0 Å². The molecule has 3 heteroatoms. The molecular formula is C15H21N3. The summed E-state index contributed by atoms with van der Waals surface area (Å²) in [5, 5.41) is 9.16. The number of benzene rings is 1. The van der Waals surface area contributed by atoms with Crippen LogP contribution in [0.25, 0.3) is 0 Å². The quantitative estimate of drug-likeness (QED) is 0.781. The molecule has 0 amide bonds. The number of nitrogens with two attached hydrogens (primary N) is 1. The van der Waals surface area contributed by atoms with Gasteiger partial charge in [-0.25, -0.2) is 0 Å². The minimum absolute atomic E-state index is 0.170. The molecule has 1 aromatic carbocycles. The summed E-state index contributed by atoms with van der Waals surface area (Å²) in [6.07, 6.45) is 4.21. The molecule has 2 rings (SSSR count). The summed E-state index contributed by atoms with van der Waals surface area (Å²) in [6.45, 7) is 1.79. The van der Waals surface area contributed by atoms with Crippen LogP contribution in [0.3, 0.4) is 0 Å². The Morgan fingerprint density at radius 1 is 1.28 bits per heavy atom. The van der Waals surface area contributed by atoms with Crippen molar-refractivity contribution in [3.63, 3.8) is 0 Å². The first-order valence-corrected chi connectivity index (χ1v) is 6.65. The Labute approximate surface area is 109 Å². The molecule has 3 nitrogen and oxygen atoms in total. The molecule has 0 aliphatic heterocycles. The van der Waals surface area contributed by atoms with E-state index < -0.39 is 0 Å². The fraction of sp³-hybridized carbons (Fsp3) is 0.533. The average molecular weight is 243 g/mol. The van der Waals surface area contributed by atoms with E-state index in [9.17, 15) is 0 Å². The van der Waals surface area contributed by atoms with Crippen LogP contribution in [0.2, 0.25) is 0 Å². The lowest BCUT2D eigenvalue weighted by molar-refractivity contribution is 0.728. The predicted octanol–water partition coefficient (Wildman–Crippen LogP) is 2.42. The Morgan fingerprint density at radius 3 is 2.44 bits per heavy atom. The number of unbranched alkanes of at least 4 members (excludes halogenated alkanes) is 1. The number of rotatable bonds is 6. The third-order valence-corrected chi connectivity index (χ3v) is 3.77. The Balaban J connectivity index is 1.97. The summed E-state index contributed by atoms with van der Waals surface area (Å²) in [5.74, 6) is 0. The molecule has 0 saturated heterocycles. The molecule has 1 fully saturated rings. The number of nitrogens with zero attached hydrogens (tertiary/aromatic N) is 2. The van der Waals surface area contributed by atoms with Crippen LogP contribution < -0.4 is 10.6 Å². The average Bonchev–Trinajstić information content (AvgIpc) is 3.20. The molecule has 1 aliphatic carbocycles. The fourth-order valence-electron chi connectivity index (χ4n) is 2.25. The first-order chi connectivity index (χ1) is 8.72. The highest BCUT2D eigenvalue weighted by molar-refractivity contribution is 5.50. The van der Waals surface area contributed by atoms with Crippen molar-refractivity contribution >= 4 is 5.69 Å². The van der Waals surface area contributed by atoms with Crippen molar-refractivity contribution in [3.8, 4) is 6.07 Å². The fourth-order valence-corrected chi connectivity index (χ4v) is 2.25. The number of anilines is 1. The zero-order chi connectivity index (χ0) is 13.0. The van der Waals surface area contributed by atoms with Gasteiger partial charge in [0, 0.05) is 19.3 Å². The van der Waals surface area contributed by atoms with E-state index in [1.165, 1.54) is 11.3 Å². The van der Waals surface area contributed by atoms with Gasteiger partial charge in [0.15, 0.2) is 0 Å². The van der Waals surface area contributed by atoms with Crippen LogP contribution in [0, 0.1) is 11.3 Å². The smallest absolute Gasteiger partial charge is 0.0823 e. The zero-order valence-corrected chi connectivity index (χ0v) is 11.0. The van der Waals surface area contributed by atoms with Gasteiger partial charge < -0.3 is 10.6 Å². The van der Waals surface area contributed by atoms with E-state index in [-0.39, 0.29) is 5.41 Å². The second-order valence-electron chi connectivity index (χ2n) is 5.16. The van der Waals surface area contributed by atoms with Gasteiger partial charge in [-0.15, -0.1) is 0 Å². The van der Waals surface area contributed by atoms with Crippen molar-refractivity contribution in [2.24, 2.45) is 5.73 Å². The SMILES string of the molecule is CN(CCCCN)c1ccc(C2(C#N)CC2)cc1. The van der Waals surface area contributed by atoms with E-state index >= 15 is 0 Å². The van der Waals surface area contributed by atoms with Crippen molar-refractivity contribution in [1.82, 2.24) is 0 Å². The Kier molecular flexibility index (Phi) is 3.88. The summed E-state index contributed by atoms with van der Waals surface area (Å²) in [6, 6.07) is 10.9. The normalized spacial score (nSPS) is 16.1. The van der Waals surface area contributed by atoms with Crippen molar-refractivity contribution in [3.05, 3.63) is 29.8 Å². The van der Waals surface area contributed by atoms with Gasteiger partial charge in [0.2, 0.25) is 0 Å². The van der Waals surface area contributed by atoms with Gasteiger partial charge in [-0.2, -0.15) is 5.26 Å². The molecule has 0 aromatic heterocycles. The molecule has 0 spiro atoms. The largest absolute Gasteiger partial charge is 0.375 e. The molecule has 0 radical (unpaired) electrons. The predicted molar refractivity (Wildman–Crippen MR) is 74.5 cm³/mol. The standard InChI is InChI=1S/C15H21N3/c1-18(11-3-2-10-16)14-6-4-13(5-7-14)15(12-17)8-9-15/h4-7H,2-3,8-11,16H2,1H3. The molecule has 2 N–H and O–H groups in total. The first-order valence-electron chi connectivity index (χ1n) is 6.65. The van der Waals surface area contributed by atoms with Crippen molar-refractivity contribution in [2.75, 3.05) is 25.0 Å². The van der Waals surface area contributed by atoms with E-state index in [0.717, 1.165) is 38.8 Å². The molecule has 0 atom stereocenters. The number of hydrogen-bond donors (Lipinski definition) is 1. The van der Waals surface area contributed by atoms with Crippen molar-refractivity contribution in [1.29, 1.82) is 5.26 Å². The molecule has 1 aliphatic rings. The van der Waals surface area contributed by atoms with Crippen LogP contribution in [0.1, 0.15) is 31.2 Å². The maximum atomic E-state index is 9.16. The van der Waals surface area contributed by atoms with Gasteiger partial charge in [0.05, 0.1) is 11.5 Å².